The van der Waals surface area contributed by atoms with Gasteiger partial charge in [0.25, 0.3) is 0 Å². The minimum Gasteiger partial charge on any atom is -0.394 e. The summed E-state index contributed by atoms with van der Waals surface area (Å²) in [5, 5.41) is 10.9. The van der Waals surface area contributed by atoms with Gasteiger partial charge in [-0.15, -0.1) is 11.3 Å². The maximum absolute atomic E-state index is 14.5. The summed E-state index contributed by atoms with van der Waals surface area (Å²) < 4.78 is 21.8. The fourth-order valence-electron chi connectivity index (χ4n) is 5.70. The summed E-state index contributed by atoms with van der Waals surface area (Å²) in [5.74, 6) is -0.257. The van der Waals surface area contributed by atoms with Crippen LogP contribution in [0.25, 0.3) is 21.1 Å². The van der Waals surface area contributed by atoms with Crippen molar-refractivity contribution in [2.24, 2.45) is 0 Å². The summed E-state index contributed by atoms with van der Waals surface area (Å²) in [6.45, 7) is 9.90. The van der Waals surface area contributed by atoms with Crippen molar-refractivity contribution in [1.29, 1.82) is 0 Å². The van der Waals surface area contributed by atoms with Crippen molar-refractivity contribution >= 4 is 32.5 Å². The Hall–Kier alpha value is -2.47. The number of ether oxygens (including phenoxy) is 1. The first-order valence-electron chi connectivity index (χ1n) is 12.8. The van der Waals surface area contributed by atoms with Crippen molar-refractivity contribution in [1.82, 2.24) is 29.7 Å². The van der Waals surface area contributed by atoms with E-state index in [2.05, 4.69) is 49.6 Å². The average molecular weight is 525 g/mol. The molecule has 4 aromatic rings. The molecule has 6 rings (SSSR count). The number of morpholine rings is 1. The number of halogens is 1. The largest absolute Gasteiger partial charge is 0.394 e. The van der Waals surface area contributed by atoms with Crippen molar-refractivity contribution in [3.63, 3.8) is 0 Å². The van der Waals surface area contributed by atoms with Crippen LogP contribution in [0, 0.1) is 5.82 Å². The SMILES string of the molecule is CC(C)(CO)N1CCN(C(c2cc3ncncc3s2)N2CCOC(c3cc(F)cc4[nH]ccc34)C2)CC1. The Kier molecular flexibility index (Phi) is 6.72. The second-order valence-electron chi connectivity index (χ2n) is 10.6. The number of hydrogen-bond donors (Lipinski definition) is 2. The first kappa shape index (κ1) is 24.8. The Balaban J connectivity index is 1.32. The molecule has 10 heteroatoms. The highest BCUT2D eigenvalue weighted by Gasteiger charge is 2.37. The molecule has 1 aromatic carbocycles. The molecule has 2 saturated heterocycles. The summed E-state index contributed by atoms with van der Waals surface area (Å²) in [4.78, 5) is 20.5. The van der Waals surface area contributed by atoms with Gasteiger partial charge in [0.05, 0.1) is 35.7 Å². The lowest BCUT2D eigenvalue weighted by molar-refractivity contribution is -0.0901. The highest BCUT2D eigenvalue weighted by molar-refractivity contribution is 7.19. The Morgan fingerprint density at radius 1 is 1.19 bits per heavy atom. The highest BCUT2D eigenvalue weighted by atomic mass is 32.1. The van der Waals surface area contributed by atoms with Crippen LogP contribution in [-0.4, -0.2) is 92.8 Å². The van der Waals surface area contributed by atoms with Gasteiger partial charge < -0.3 is 14.8 Å². The van der Waals surface area contributed by atoms with Crippen LogP contribution in [0.3, 0.4) is 0 Å². The first-order chi connectivity index (χ1) is 17.9. The van der Waals surface area contributed by atoms with E-state index in [1.807, 2.05) is 18.5 Å². The number of aliphatic hydroxyl groups excluding tert-OH is 1. The molecule has 0 radical (unpaired) electrons. The molecule has 196 valence electrons. The number of hydrogen-bond acceptors (Lipinski definition) is 8. The number of aromatic amines is 1. The van der Waals surface area contributed by atoms with Crippen LogP contribution in [0.1, 0.15) is 36.6 Å². The molecular weight excluding hydrogens is 491 g/mol. The van der Waals surface area contributed by atoms with Crippen molar-refractivity contribution in [2.45, 2.75) is 31.7 Å². The Morgan fingerprint density at radius 2 is 2.03 bits per heavy atom. The normalized spacial score (nSPS) is 21.7. The molecule has 2 aliphatic rings. The Morgan fingerprint density at radius 3 is 2.81 bits per heavy atom. The zero-order valence-corrected chi connectivity index (χ0v) is 22.0. The number of nitrogens with one attached hydrogen (secondary N) is 1. The van der Waals surface area contributed by atoms with Gasteiger partial charge in [0.1, 0.15) is 12.1 Å². The van der Waals surface area contributed by atoms with E-state index >= 15 is 0 Å². The van der Waals surface area contributed by atoms with Gasteiger partial charge in [-0.05, 0) is 43.7 Å². The maximum Gasteiger partial charge on any atom is 0.125 e. The number of benzene rings is 1. The van der Waals surface area contributed by atoms with Gasteiger partial charge in [-0.3, -0.25) is 14.7 Å². The average Bonchev–Trinajstić information content (AvgIpc) is 3.56. The quantitative estimate of drug-likeness (QED) is 0.397. The number of fused-ring (bicyclic) bond motifs is 2. The molecule has 0 spiro atoms. The third-order valence-electron chi connectivity index (χ3n) is 7.83. The number of piperazine rings is 1. The molecular formula is C27H33FN6O2S. The molecule has 2 unspecified atom stereocenters. The van der Waals surface area contributed by atoms with Gasteiger partial charge >= 0.3 is 0 Å². The van der Waals surface area contributed by atoms with E-state index in [0.717, 1.165) is 59.4 Å². The molecule has 0 saturated carbocycles. The van der Waals surface area contributed by atoms with E-state index in [9.17, 15) is 9.50 Å². The van der Waals surface area contributed by atoms with Crippen LogP contribution in [0.4, 0.5) is 4.39 Å². The second kappa shape index (κ2) is 10.0. The minimum atomic E-state index is -0.257. The minimum absolute atomic E-state index is 0.0558. The summed E-state index contributed by atoms with van der Waals surface area (Å²) in [6, 6.07) is 7.34. The highest BCUT2D eigenvalue weighted by Crippen LogP contribution is 2.38. The Labute approximate surface area is 219 Å². The van der Waals surface area contributed by atoms with Gasteiger partial charge in [0, 0.05) is 73.0 Å². The number of nitrogens with zero attached hydrogens (tertiary/aromatic N) is 5. The predicted molar refractivity (Wildman–Crippen MR) is 143 cm³/mol. The lowest BCUT2D eigenvalue weighted by Gasteiger charge is -2.48. The molecule has 2 fully saturated rings. The summed E-state index contributed by atoms with van der Waals surface area (Å²) >= 11 is 1.74. The van der Waals surface area contributed by atoms with E-state index < -0.39 is 0 Å². The van der Waals surface area contributed by atoms with Crippen LogP contribution >= 0.6 is 11.3 Å². The van der Waals surface area contributed by atoms with E-state index in [1.165, 1.54) is 10.9 Å². The van der Waals surface area contributed by atoms with Crippen molar-refractivity contribution in [3.05, 3.63) is 59.2 Å². The fraction of sp³-hybridized carbons (Fsp3) is 0.481. The van der Waals surface area contributed by atoms with Crippen LogP contribution in [0.5, 0.6) is 0 Å². The van der Waals surface area contributed by atoms with Gasteiger partial charge in [0.15, 0.2) is 0 Å². The zero-order valence-electron chi connectivity index (χ0n) is 21.2. The standard InChI is InChI=1S/C27H33FN6O2S/c1-27(2,16-35)34-7-5-32(6-8-34)26(24-13-22-25(37-24)14-29-17-31-22)33-9-10-36-23(15-33)20-11-18(28)12-21-19(20)3-4-30-21/h3-4,11-14,17,23,26,30,35H,5-10,15-16H2,1-2H3. The second-order valence-corrected chi connectivity index (χ2v) is 11.7. The smallest absolute Gasteiger partial charge is 0.125 e. The molecule has 0 amide bonds. The number of H-pyrrole nitrogens is 1. The van der Waals surface area contributed by atoms with Gasteiger partial charge in [-0.2, -0.15) is 0 Å². The van der Waals surface area contributed by atoms with E-state index in [1.54, 1.807) is 23.7 Å². The molecule has 3 aromatic heterocycles. The predicted octanol–water partition coefficient (Wildman–Crippen LogP) is 3.77. The van der Waals surface area contributed by atoms with Crippen molar-refractivity contribution < 1.29 is 14.2 Å². The molecule has 0 aliphatic carbocycles. The van der Waals surface area contributed by atoms with E-state index in [4.69, 9.17) is 4.74 Å². The number of aliphatic hydroxyl groups is 1. The molecule has 2 N–H and O–H groups in total. The monoisotopic (exact) mass is 524 g/mol. The van der Waals surface area contributed by atoms with E-state index in [-0.39, 0.29) is 30.2 Å². The first-order valence-corrected chi connectivity index (χ1v) is 13.7. The van der Waals surface area contributed by atoms with Crippen LogP contribution in [0.2, 0.25) is 0 Å². The van der Waals surface area contributed by atoms with Crippen LogP contribution < -0.4 is 0 Å². The third-order valence-corrected chi connectivity index (χ3v) is 8.93. The lowest BCUT2D eigenvalue weighted by atomic mass is 10.0. The maximum atomic E-state index is 14.5. The van der Waals surface area contributed by atoms with Gasteiger partial charge in [-0.1, -0.05) is 0 Å². The molecule has 0 bridgehead atoms. The van der Waals surface area contributed by atoms with Crippen LogP contribution in [-0.2, 0) is 4.74 Å². The van der Waals surface area contributed by atoms with E-state index in [0.29, 0.717) is 13.2 Å². The number of thiophene rings is 1. The zero-order chi connectivity index (χ0) is 25.6. The third kappa shape index (κ3) is 4.78. The topological polar surface area (TPSA) is 80.8 Å². The summed E-state index contributed by atoms with van der Waals surface area (Å²) in [5.41, 5.74) is 2.40. The van der Waals surface area contributed by atoms with Crippen LogP contribution in [0.15, 0.2) is 43.0 Å². The summed E-state index contributed by atoms with van der Waals surface area (Å²) in [6.07, 6.45) is 5.16. The molecule has 8 nitrogen and oxygen atoms in total. The Bertz CT molecular complexity index is 1350. The summed E-state index contributed by atoms with van der Waals surface area (Å²) in [7, 11) is 0. The molecule has 37 heavy (non-hydrogen) atoms. The van der Waals surface area contributed by atoms with Crippen molar-refractivity contribution in [2.75, 3.05) is 52.5 Å². The lowest BCUT2D eigenvalue weighted by Crippen LogP contribution is -2.58. The van der Waals surface area contributed by atoms with Gasteiger partial charge in [0.2, 0.25) is 0 Å². The molecule has 5 heterocycles. The fourth-order valence-corrected chi connectivity index (χ4v) is 6.86. The molecule has 2 aliphatic heterocycles. The van der Waals surface area contributed by atoms with Gasteiger partial charge in [-0.25, -0.2) is 14.4 Å². The number of aromatic nitrogens is 3. The molecule has 2 atom stereocenters. The number of rotatable bonds is 6. The van der Waals surface area contributed by atoms with Crippen molar-refractivity contribution in [3.8, 4) is 0 Å².